The van der Waals surface area contributed by atoms with Gasteiger partial charge >= 0.3 is 5.97 Å². The molecule has 1 rings (SSSR count). The van der Waals surface area contributed by atoms with Crippen molar-refractivity contribution >= 4 is 18.6 Å². The second-order valence-electron chi connectivity index (χ2n) is 2.80. The lowest BCUT2D eigenvalue weighted by molar-refractivity contribution is -0.640. The summed E-state index contributed by atoms with van der Waals surface area (Å²) in [5, 5.41) is 2.05. The van der Waals surface area contributed by atoms with Crippen molar-refractivity contribution in [2.75, 3.05) is 18.8 Å². The van der Waals surface area contributed by atoms with Gasteiger partial charge in [-0.1, -0.05) is 5.92 Å². The van der Waals surface area contributed by atoms with E-state index in [0.29, 0.717) is 6.54 Å². The molecule has 1 atom stereocenters. The monoisotopic (exact) mass is 186 g/mol. The number of hydrogen-bond donors (Lipinski definition) is 2. The van der Waals surface area contributed by atoms with Gasteiger partial charge < -0.3 is 10.1 Å². The molecule has 1 saturated heterocycles. The molecule has 1 aliphatic heterocycles. The zero-order valence-corrected chi connectivity index (χ0v) is 7.64. The van der Waals surface area contributed by atoms with E-state index in [1.165, 1.54) is 0 Å². The molecule has 0 amide bonds. The van der Waals surface area contributed by atoms with Crippen LogP contribution in [0.5, 0.6) is 0 Å². The molecule has 0 aromatic rings. The van der Waals surface area contributed by atoms with Gasteiger partial charge in [0.25, 0.3) is 0 Å². The third-order valence-electron chi connectivity index (χ3n) is 1.93. The van der Waals surface area contributed by atoms with E-state index in [9.17, 15) is 4.79 Å². The van der Waals surface area contributed by atoms with Crippen molar-refractivity contribution in [3.8, 4) is 12.3 Å². The number of quaternary nitrogens is 1. The highest BCUT2D eigenvalue weighted by atomic mass is 32.1. The third kappa shape index (κ3) is 1.93. The van der Waals surface area contributed by atoms with E-state index >= 15 is 0 Å². The summed E-state index contributed by atoms with van der Waals surface area (Å²) in [4.78, 5) is 10.9. The predicted molar refractivity (Wildman–Crippen MR) is 47.8 cm³/mol. The van der Waals surface area contributed by atoms with E-state index in [0.717, 1.165) is 13.0 Å². The van der Waals surface area contributed by atoms with Gasteiger partial charge in [0.1, 0.15) is 6.54 Å². The van der Waals surface area contributed by atoms with E-state index in [-0.39, 0.29) is 11.7 Å². The van der Waals surface area contributed by atoms with Crippen molar-refractivity contribution in [2.45, 2.75) is 12.0 Å². The minimum Gasteiger partial charge on any atom is -0.439 e. The average Bonchev–Trinajstić information content (AvgIpc) is 2.54. The van der Waals surface area contributed by atoms with Crippen LogP contribution in [0.15, 0.2) is 0 Å². The summed E-state index contributed by atoms with van der Waals surface area (Å²) in [5.74, 6) is 2.28. The first kappa shape index (κ1) is 9.43. The van der Waals surface area contributed by atoms with Crippen LogP contribution in [0.4, 0.5) is 0 Å². The summed E-state index contributed by atoms with van der Waals surface area (Å²) < 4.78 is 5.11. The molecule has 0 saturated carbocycles. The Kier molecular flexibility index (Phi) is 3.01. The van der Waals surface area contributed by atoms with Gasteiger partial charge in [-0.05, 0) is 0 Å². The number of rotatable bonds is 2. The van der Waals surface area contributed by atoms with Crippen molar-refractivity contribution in [1.82, 2.24) is 0 Å². The molecule has 4 heteroatoms. The molecule has 1 unspecified atom stereocenters. The number of hydrogen-bond acceptors (Lipinski definition) is 3. The number of carbonyl (C=O) groups is 1. The maximum absolute atomic E-state index is 10.9. The fraction of sp³-hybridized carbons (Fsp3) is 0.625. The zero-order valence-electron chi connectivity index (χ0n) is 6.75. The summed E-state index contributed by atoms with van der Waals surface area (Å²) >= 11 is 3.81. The summed E-state index contributed by atoms with van der Waals surface area (Å²) in [7, 11) is 0. The number of esters is 1. The van der Waals surface area contributed by atoms with E-state index in [4.69, 9.17) is 11.2 Å². The highest BCUT2D eigenvalue weighted by Gasteiger charge is 2.38. The lowest BCUT2D eigenvalue weighted by Crippen LogP contribution is -2.82. The maximum atomic E-state index is 10.9. The van der Waals surface area contributed by atoms with E-state index in [2.05, 4.69) is 18.5 Å². The van der Waals surface area contributed by atoms with Gasteiger partial charge in [-0.25, -0.2) is 0 Å². The van der Waals surface area contributed by atoms with Crippen LogP contribution >= 0.6 is 12.6 Å². The smallest absolute Gasteiger partial charge is 0.317 e. The highest BCUT2D eigenvalue weighted by molar-refractivity contribution is 7.81. The fourth-order valence-electron chi connectivity index (χ4n) is 1.28. The van der Waals surface area contributed by atoms with Crippen molar-refractivity contribution in [3.63, 3.8) is 0 Å². The zero-order chi connectivity index (χ0) is 9.03. The van der Waals surface area contributed by atoms with Crippen LogP contribution in [0.25, 0.3) is 0 Å². The van der Waals surface area contributed by atoms with Crippen LogP contribution in [-0.4, -0.2) is 30.4 Å². The highest BCUT2D eigenvalue weighted by Crippen LogP contribution is 2.15. The molecule has 2 N–H and O–H groups in total. The predicted octanol–water partition coefficient (Wildman–Crippen LogP) is -1.20. The maximum Gasteiger partial charge on any atom is 0.317 e. The second-order valence-corrected chi connectivity index (χ2v) is 3.12. The third-order valence-corrected chi connectivity index (χ3v) is 2.19. The molecule has 0 spiro atoms. The summed E-state index contributed by atoms with van der Waals surface area (Å²) in [6.45, 7) is 1.59. The first-order chi connectivity index (χ1) is 5.72. The molecule has 12 heavy (non-hydrogen) atoms. The number of ether oxygens (including phenoxy) is 1. The lowest BCUT2D eigenvalue weighted by Gasteiger charge is -2.18. The van der Waals surface area contributed by atoms with Crippen molar-refractivity contribution in [1.29, 1.82) is 0 Å². The van der Waals surface area contributed by atoms with Crippen LogP contribution in [0.1, 0.15) is 6.42 Å². The number of thiol groups is 1. The van der Waals surface area contributed by atoms with Crippen molar-refractivity contribution in [3.05, 3.63) is 0 Å². The van der Waals surface area contributed by atoms with Gasteiger partial charge in [0, 0.05) is 0 Å². The Labute approximate surface area is 77.3 Å². The van der Waals surface area contributed by atoms with Crippen LogP contribution in [0, 0.1) is 12.3 Å². The molecule has 1 aliphatic rings. The summed E-state index contributed by atoms with van der Waals surface area (Å²) in [6, 6.07) is 0. The topological polar surface area (TPSA) is 42.9 Å². The van der Waals surface area contributed by atoms with Gasteiger partial charge in [0.15, 0.2) is 0 Å². The number of carbonyl (C=O) groups excluding carboxylic acids is 1. The first-order valence-corrected chi connectivity index (χ1v) is 4.48. The minimum atomic E-state index is -0.667. The molecular formula is C8H12NO2S+. The molecule has 0 aromatic heterocycles. The van der Waals surface area contributed by atoms with E-state index in [1.54, 1.807) is 0 Å². The molecular weight excluding hydrogens is 174 g/mol. The number of nitrogens with two attached hydrogens (primary N) is 1. The molecule has 1 heterocycles. The van der Waals surface area contributed by atoms with Gasteiger partial charge in [-0.15, -0.1) is 6.42 Å². The van der Waals surface area contributed by atoms with Crippen LogP contribution in [-0.2, 0) is 9.53 Å². The number of terminal acetylenes is 1. The lowest BCUT2D eigenvalue weighted by atomic mass is 10.1. The Morgan fingerprint density at radius 2 is 2.58 bits per heavy atom. The van der Waals surface area contributed by atoms with Crippen molar-refractivity contribution in [2.24, 2.45) is 0 Å². The van der Waals surface area contributed by atoms with Crippen LogP contribution in [0.2, 0.25) is 0 Å². The Balaban J connectivity index is 2.57. The van der Waals surface area contributed by atoms with E-state index in [1.807, 2.05) is 5.32 Å². The Morgan fingerprint density at radius 1 is 1.83 bits per heavy atom. The van der Waals surface area contributed by atoms with Crippen LogP contribution in [0.3, 0.4) is 0 Å². The minimum absolute atomic E-state index is 0.0867. The molecule has 0 aromatic carbocycles. The van der Waals surface area contributed by atoms with Gasteiger partial charge in [0.05, 0.1) is 18.7 Å². The Hall–Kier alpha value is -0.660. The Morgan fingerprint density at radius 3 is 3.00 bits per heavy atom. The Bertz CT molecular complexity index is 216. The standard InChI is InChI=1S/C8H11NO2S/c1-2-8(3-4-9-6-8)11-7(10)5-12/h1,9,12H,3-6H2/p+1. The molecule has 0 radical (unpaired) electrons. The molecule has 0 bridgehead atoms. The SMILES string of the molecule is C#CC1(OC(=O)CS)CC[NH2+]C1. The summed E-state index contributed by atoms with van der Waals surface area (Å²) in [6.07, 6.45) is 6.04. The fourth-order valence-corrected chi connectivity index (χ4v) is 1.34. The largest absolute Gasteiger partial charge is 0.439 e. The van der Waals surface area contributed by atoms with Crippen LogP contribution < -0.4 is 5.32 Å². The van der Waals surface area contributed by atoms with Crippen molar-refractivity contribution < 1.29 is 14.8 Å². The van der Waals surface area contributed by atoms with Gasteiger partial charge in [0.2, 0.25) is 5.60 Å². The second kappa shape index (κ2) is 3.83. The van der Waals surface area contributed by atoms with E-state index < -0.39 is 5.60 Å². The van der Waals surface area contributed by atoms with Gasteiger partial charge in [-0.3, -0.25) is 4.79 Å². The first-order valence-electron chi connectivity index (χ1n) is 3.84. The average molecular weight is 186 g/mol. The molecule has 66 valence electrons. The molecule has 0 aliphatic carbocycles. The normalized spacial score (nSPS) is 28.0. The quantitative estimate of drug-likeness (QED) is 0.323. The molecule has 3 nitrogen and oxygen atoms in total. The van der Waals surface area contributed by atoms with Gasteiger partial charge in [-0.2, -0.15) is 12.6 Å². The molecule has 1 fully saturated rings. The summed E-state index contributed by atoms with van der Waals surface area (Å²) in [5.41, 5.74) is -0.667.